The third kappa shape index (κ3) is 6.54. The molecule has 214 valence electrons. The van der Waals surface area contributed by atoms with E-state index in [0.29, 0.717) is 12.1 Å². The van der Waals surface area contributed by atoms with Gasteiger partial charge < -0.3 is 21.1 Å². The van der Waals surface area contributed by atoms with Gasteiger partial charge in [-0.2, -0.15) is 5.21 Å². The monoisotopic (exact) mass is 562 g/mol. The Bertz CT molecular complexity index is 1440. The van der Waals surface area contributed by atoms with Crippen LogP contribution < -0.4 is 20.9 Å². The molecular weight excluding hydrogens is 532 g/mol. The molecule has 1 aliphatic heterocycles. The molecule has 0 bridgehead atoms. The van der Waals surface area contributed by atoms with Crippen molar-refractivity contribution in [1.29, 1.82) is 0 Å². The van der Waals surface area contributed by atoms with E-state index in [1.54, 1.807) is 19.1 Å². The zero-order chi connectivity index (χ0) is 29.5. The van der Waals surface area contributed by atoms with Gasteiger partial charge >= 0.3 is 5.97 Å². The summed E-state index contributed by atoms with van der Waals surface area (Å²) >= 11 is 0. The fourth-order valence-corrected chi connectivity index (χ4v) is 4.59. The topological polar surface area (TPSA) is 199 Å². The molecule has 4 amide bonds. The number of para-hydroxylation sites is 1. The van der Waals surface area contributed by atoms with Crippen molar-refractivity contribution >= 4 is 35.3 Å². The first-order valence-electron chi connectivity index (χ1n) is 13.0. The number of amides is 4. The number of aromatic carboxylic acids is 1. The maximum absolute atomic E-state index is 13.4. The van der Waals surface area contributed by atoms with Crippen molar-refractivity contribution in [3.63, 3.8) is 0 Å². The number of aromatic amines is 1. The highest BCUT2D eigenvalue weighted by Gasteiger charge is 2.38. The average Bonchev–Trinajstić information content (AvgIpc) is 3.65. The van der Waals surface area contributed by atoms with E-state index < -0.39 is 48.2 Å². The number of carbonyl (C=O) groups is 5. The lowest BCUT2D eigenvalue weighted by atomic mass is 9.97. The van der Waals surface area contributed by atoms with Gasteiger partial charge in [-0.25, -0.2) is 4.79 Å². The largest absolute Gasteiger partial charge is 0.478 e. The number of anilines is 1. The van der Waals surface area contributed by atoms with E-state index in [2.05, 4.69) is 36.6 Å². The van der Waals surface area contributed by atoms with Crippen LogP contribution in [0.15, 0.2) is 48.5 Å². The second-order valence-electron chi connectivity index (χ2n) is 9.56. The van der Waals surface area contributed by atoms with Crippen LogP contribution in [0.5, 0.6) is 0 Å². The number of rotatable bonds is 11. The maximum atomic E-state index is 13.4. The number of nitrogens with zero attached hydrogens (tertiary/aromatic N) is 4. The quantitative estimate of drug-likeness (QED) is 0.220. The van der Waals surface area contributed by atoms with Gasteiger partial charge in [-0.15, -0.1) is 10.2 Å². The lowest BCUT2D eigenvalue weighted by Crippen LogP contribution is -2.54. The molecular formula is C27H30N8O6. The number of fused-ring (bicyclic) bond motifs is 1. The number of hydrogen-bond acceptors (Lipinski definition) is 8. The van der Waals surface area contributed by atoms with Crippen LogP contribution >= 0.6 is 0 Å². The van der Waals surface area contributed by atoms with E-state index in [4.69, 9.17) is 0 Å². The molecule has 4 rings (SSSR count). The molecule has 14 nitrogen and oxygen atoms in total. The van der Waals surface area contributed by atoms with E-state index >= 15 is 0 Å². The minimum atomic E-state index is -1.27. The summed E-state index contributed by atoms with van der Waals surface area (Å²) < 4.78 is 0. The van der Waals surface area contributed by atoms with Crippen molar-refractivity contribution in [1.82, 2.24) is 36.6 Å². The number of carbonyl (C=O) groups excluding carboxylic acids is 4. The summed E-state index contributed by atoms with van der Waals surface area (Å²) in [7, 11) is 0. The van der Waals surface area contributed by atoms with Crippen LogP contribution in [0.4, 0.5) is 5.69 Å². The van der Waals surface area contributed by atoms with Crippen molar-refractivity contribution in [2.75, 3.05) is 11.4 Å². The molecule has 5 N–H and O–H groups in total. The number of carboxylic acid groups (broad SMARTS) is 1. The highest BCUT2D eigenvalue weighted by molar-refractivity contribution is 6.07. The minimum absolute atomic E-state index is 0.0161. The first-order valence-corrected chi connectivity index (χ1v) is 13.0. The maximum Gasteiger partial charge on any atom is 0.336 e. The third-order valence-electron chi connectivity index (χ3n) is 6.96. The third-order valence-corrected chi connectivity index (χ3v) is 6.96. The van der Waals surface area contributed by atoms with Gasteiger partial charge in [0.05, 0.1) is 24.2 Å². The molecule has 3 aromatic rings. The summed E-state index contributed by atoms with van der Waals surface area (Å²) in [6.07, 6.45) is 0.803. The van der Waals surface area contributed by atoms with E-state index in [1.807, 2.05) is 19.1 Å². The van der Waals surface area contributed by atoms with Crippen LogP contribution in [0.2, 0.25) is 0 Å². The number of benzene rings is 2. The Morgan fingerprint density at radius 3 is 2.44 bits per heavy atom. The van der Waals surface area contributed by atoms with Crippen molar-refractivity contribution in [2.24, 2.45) is 5.92 Å². The number of carboxylic acids is 1. The second-order valence-corrected chi connectivity index (χ2v) is 9.56. The van der Waals surface area contributed by atoms with Crippen LogP contribution in [0.1, 0.15) is 52.4 Å². The molecule has 41 heavy (non-hydrogen) atoms. The molecule has 3 atom stereocenters. The molecule has 1 aliphatic rings. The highest BCUT2D eigenvalue weighted by Crippen LogP contribution is 2.32. The smallest absolute Gasteiger partial charge is 0.336 e. The Labute approximate surface area is 234 Å². The molecule has 0 radical (unpaired) electrons. The van der Waals surface area contributed by atoms with Crippen molar-refractivity contribution in [3.05, 3.63) is 71.0 Å². The van der Waals surface area contributed by atoms with Gasteiger partial charge in [0.1, 0.15) is 12.1 Å². The Kier molecular flexibility index (Phi) is 9.02. The van der Waals surface area contributed by atoms with E-state index in [1.165, 1.54) is 29.2 Å². The summed E-state index contributed by atoms with van der Waals surface area (Å²) in [6, 6.07) is 10.9. The van der Waals surface area contributed by atoms with E-state index in [9.17, 15) is 29.1 Å². The van der Waals surface area contributed by atoms with Crippen molar-refractivity contribution < 1.29 is 29.1 Å². The van der Waals surface area contributed by atoms with Gasteiger partial charge in [0, 0.05) is 12.1 Å². The lowest BCUT2D eigenvalue weighted by Gasteiger charge is -2.27. The normalized spacial score (nSPS) is 15.4. The predicted molar refractivity (Wildman–Crippen MR) is 145 cm³/mol. The van der Waals surface area contributed by atoms with Gasteiger partial charge in [0.25, 0.3) is 5.91 Å². The summed E-state index contributed by atoms with van der Waals surface area (Å²) in [5.74, 6) is -3.60. The van der Waals surface area contributed by atoms with Gasteiger partial charge in [0.15, 0.2) is 5.82 Å². The number of H-pyrrole nitrogens is 1. The standard InChI is InChI=1S/C27H30N8O6/c1-3-15(2)23(30-24(37)17-9-5-6-10-18(17)27(40)41)26(39)29-14-22(36)35-19-11-7-4-8-16(19)12-20(35)25(38)28-13-21-31-33-34-32-21/h4-11,15,20,23H,3,12-14H2,1-2H3,(H,28,38)(H,29,39)(H,30,37)(H,40,41)(H,31,32,33,34)/t15?,20-,23?/m0/s1. The number of hydrogen-bond donors (Lipinski definition) is 5. The zero-order valence-corrected chi connectivity index (χ0v) is 22.5. The molecule has 0 aliphatic carbocycles. The molecule has 14 heteroatoms. The molecule has 0 saturated carbocycles. The lowest BCUT2D eigenvalue weighted by molar-refractivity contribution is -0.128. The zero-order valence-electron chi connectivity index (χ0n) is 22.5. The Morgan fingerprint density at radius 1 is 1.05 bits per heavy atom. The molecule has 0 fully saturated rings. The molecule has 2 aromatic carbocycles. The number of aromatic nitrogens is 4. The summed E-state index contributed by atoms with van der Waals surface area (Å²) in [4.78, 5) is 65.6. The SMILES string of the molecule is CCC(C)C(NC(=O)c1ccccc1C(=O)O)C(=O)NCC(=O)N1c2ccccc2C[C@H]1C(=O)NCc1nn[nH]n1. The summed E-state index contributed by atoms with van der Waals surface area (Å²) in [5, 5.41) is 30.7. The van der Waals surface area contributed by atoms with Crippen LogP contribution in [0.25, 0.3) is 0 Å². The first-order chi connectivity index (χ1) is 19.7. The fraction of sp³-hybridized carbons (Fsp3) is 0.333. The Morgan fingerprint density at radius 2 is 1.76 bits per heavy atom. The van der Waals surface area contributed by atoms with Crippen molar-refractivity contribution in [3.8, 4) is 0 Å². The van der Waals surface area contributed by atoms with Crippen LogP contribution in [-0.2, 0) is 27.3 Å². The van der Waals surface area contributed by atoms with Gasteiger partial charge in [0.2, 0.25) is 17.7 Å². The van der Waals surface area contributed by atoms with Crippen molar-refractivity contribution in [2.45, 2.75) is 45.3 Å². The van der Waals surface area contributed by atoms with Crippen LogP contribution in [-0.4, -0.2) is 74.0 Å². The van der Waals surface area contributed by atoms with Gasteiger partial charge in [-0.3, -0.25) is 24.1 Å². The molecule has 0 saturated heterocycles. The number of nitrogens with one attached hydrogen (secondary N) is 4. The van der Waals surface area contributed by atoms with Gasteiger partial charge in [-0.05, 0) is 29.7 Å². The second kappa shape index (κ2) is 12.8. The van der Waals surface area contributed by atoms with Crippen LogP contribution in [0.3, 0.4) is 0 Å². The number of tetrazole rings is 1. The molecule has 0 spiro atoms. The Hall–Kier alpha value is -5.14. The molecule has 2 heterocycles. The summed E-state index contributed by atoms with van der Waals surface area (Å²) in [6.45, 7) is 3.18. The molecule has 2 unspecified atom stereocenters. The van der Waals surface area contributed by atoms with Crippen LogP contribution in [0, 0.1) is 5.92 Å². The predicted octanol–water partition coefficient (Wildman–Crippen LogP) is 0.433. The van der Waals surface area contributed by atoms with Gasteiger partial charge in [-0.1, -0.05) is 55.8 Å². The summed E-state index contributed by atoms with van der Waals surface area (Å²) in [5.41, 5.74) is 1.08. The molecule has 1 aromatic heterocycles. The minimum Gasteiger partial charge on any atom is -0.478 e. The first kappa shape index (κ1) is 28.9. The van der Waals surface area contributed by atoms with E-state index in [0.717, 1.165) is 5.56 Å². The Balaban J connectivity index is 1.46. The van der Waals surface area contributed by atoms with E-state index in [-0.39, 0.29) is 35.8 Å². The fourth-order valence-electron chi connectivity index (χ4n) is 4.59. The highest BCUT2D eigenvalue weighted by atomic mass is 16.4. The average molecular weight is 563 g/mol.